The van der Waals surface area contributed by atoms with E-state index in [0.717, 1.165) is 27.7 Å². The molecule has 0 fully saturated rings. The number of hydrogen-bond donors (Lipinski definition) is 3. The zero-order valence-electron chi connectivity index (χ0n) is 16.8. The number of hydrogen-bond acceptors (Lipinski definition) is 8. The van der Waals surface area contributed by atoms with Crippen molar-refractivity contribution in [2.45, 2.75) is 19.6 Å². The van der Waals surface area contributed by atoms with Crippen LogP contribution in [0.25, 0.3) is 11.0 Å². The second kappa shape index (κ2) is 9.90. The van der Waals surface area contributed by atoms with Gasteiger partial charge in [-0.15, -0.1) is 5.10 Å². The van der Waals surface area contributed by atoms with Crippen molar-refractivity contribution >= 4 is 22.4 Å². The number of benzene rings is 3. The van der Waals surface area contributed by atoms with Gasteiger partial charge < -0.3 is 16.4 Å². The molecule has 9 nitrogen and oxygen atoms in total. The van der Waals surface area contributed by atoms with Crippen molar-refractivity contribution in [3.05, 3.63) is 77.4 Å². The zero-order chi connectivity index (χ0) is 21.5. The number of nitrogens with two attached hydrogens (primary N) is 2. The van der Waals surface area contributed by atoms with Crippen molar-refractivity contribution in [3.63, 3.8) is 0 Å². The summed E-state index contributed by atoms with van der Waals surface area (Å²) in [5.74, 6) is 0.589. The van der Waals surface area contributed by atoms with E-state index in [-0.39, 0.29) is 0 Å². The van der Waals surface area contributed by atoms with E-state index in [4.69, 9.17) is 31.0 Å². The minimum Gasteiger partial charge on any atom is -0.399 e. The van der Waals surface area contributed by atoms with E-state index in [2.05, 4.69) is 15.4 Å². The SMILES string of the molecule is Nc1ccc(CCOOCc2ccc(OOCc3ccc4[nH]nnc4c3)cc2)c(N)c1. The predicted molar refractivity (Wildman–Crippen MR) is 115 cm³/mol. The third-order valence-corrected chi connectivity index (χ3v) is 4.63. The largest absolute Gasteiger partial charge is 0.399 e. The summed E-state index contributed by atoms with van der Waals surface area (Å²) in [5.41, 5.74) is 17.4. The first kappa shape index (κ1) is 20.6. The molecular weight excluding hydrogens is 398 g/mol. The fraction of sp³-hybridized carbons (Fsp3) is 0.182. The molecule has 3 aromatic carbocycles. The lowest BCUT2D eigenvalue weighted by atomic mass is 10.1. The predicted octanol–water partition coefficient (Wildman–Crippen LogP) is 3.32. The van der Waals surface area contributed by atoms with Gasteiger partial charge in [0.25, 0.3) is 0 Å². The van der Waals surface area contributed by atoms with Crippen molar-refractivity contribution in [2.75, 3.05) is 18.1 Å². The fourth-order valence-corrected chi connectivity index (χ4v) is 2.95. The van der Waals surface area contributed by atoms with E-state index in [1.54, 1.807) is 18.2 Å². The van der Waals surface area contributed by atoms with Gasteiger partial charge in [0.15, 0.2) is 5.75 Å². The Morgan fingerprint density at radius 1 is 0.806 bits per heavy atom. The van der Waals surface area contributed by atoms with Gasteiger partial charge in [-0.1, -0.05) is 29.5 Å². The van der Waals surface area contributed by atoms with E-state index in [1.807, 2.05) is 42.5 Å². The van der Waals surface area contributed by atoms with Crippen LogP contribution in [-0.4, -0.2) is 22.0 Å². The fourth-order valence-electron chi connectivity index (χ4n) is 2.95. The van der Waals surface area contributed by atoms with Crippen LogP contribution < -0.4 is 16.4 Å². The minimum atomic E-state index is 0.292. The molecule has 5 N–H and O–H groups in total. The maximum absolute atomic E-state index is 5.92. The number of fused-ring (bicyclic) bond motifs is 1. The Balaban J connectivity index is 1.15. The third-order valence-electron chi connectivity index (χ3n) is 4.63. The average Bonchev–Trinajstić information content (AvgIpc) is 3.24. The molecule has 0 aliphatic carbocycles. The molecule has 160 valence electrons. The van der Waals surface area contributed by atoms with Gasteiger partial charge in [-0.2, -0.15) is 4.89 Å². The molecule has 0 amide bonds. The van der Waals surface area contributed by atoms with Gasteiger partial charge >= 0.3 is 0 Å². The molecular formula is C22H23N5O4. The lowest BCUT2D eigenvalue weighted by Gasteiger charge is -2.08. The summed E-state index contributed by atoms with van der Waals surface area (Å²) in [6, 6.07) is 18.5. The van der Waals surface area contributed by atoms with Crippen LogP contribution in [0.5, 0.6) is 5.75 Å². The van der Waals surface area contributed by atoms with Gasteiger partial charge in [0.2, 0.25) is 0 Å². The number of aromatic nitrogens is 3. The third kappa shape index (κ3) is 5.70. The van der Waals surface area contributed by atoms with Crippen LogP contribution in [0.3, 0.4) is 0 Å². The molecule has 4 rings (SSSR count). The molecule has 9 heteroatoms. The van der Waals surface area contributed by atoms with Crippen LogP contribution in [-0.2, 0) is 34.3 Å². The van der Waals surface area contributed by atoms with E-state index in [0.29, 0.717) is 43.4 Å². The topological polar surface area (TPSA) is 131 Å². The molecule has 0 unspecified atom stereocenters. The van der Waals surface area contributed by atoms with Gasteiger partial charge in [0.05, 0.1) is 12.1 Å². The zero-order valence-corrected chi connectivity index (χ0v) is 16.8. The van der Waals surface area contributed by atoms with Gasteiger partial charge in [-0.05, 0) is 53.1 Å². The number of H-pyrrole nitrogens is 1. The Labute approximate surface area is 178 Å². The lowest BCUT2D eigenvalue weighted by molar-refractivity contribution is -0.303. The quantitative estimate of drug-likeness (QED) is 0.154. The molecule has 0 radical (unpaired) electrons. The first-order chi connectivity index (χ1) is 15.2. The van der Waals surface area contributed by atoms with Crippen molar-refractivity contribution in [2.24, 2.45) is 0 Å². The minimum absolute atomic E-state index is 0.292. The highest BCUT2D eigenvalue weighted by Gasteiger charge is 2.03. The van der Waals surface area contributed by atoms with E-state index >= 15 is 0 Å². The van der Waals surface area contributed by atoms with Crippen molar-refractivity contribution in [1.29, 1.82) is 0 Å². The summed E-state index contributed by atoms with van der Waals surface area (Å²) < 4.78 is 0. The summed E-state index contributed by atoms with van der Waals surface area (Å²) in [6.07, 6.45) is 0.639. The Morgan fingerprint density at radius 3 is 2.45 bits per heavy atom. The Bertz CT molecular complexity index is 1130. The second-order valence-electron chi connectivity index (χ2n) is 6.95. The lowest BCUT2D eigenvalue weighted by Crippen LogP contribution is -2.03. The van der Waals surface area contributed by atoms with Crippen LogP contribution >= 0.6 is 0 Å². The van der Waals surface area contributed by atoms with Crippen molar-refractivity contribution < 1.29 is 19.6 Å². The van der Waals surface area contributed by atoms with Crippen molar-refractivity contribution in [3.8, 4) is 5.75 Å². The van der Waals surface area contributed by atoms with Crippen LogP contribution in [0.4, 0.5) is 11.4 Å². The monoisotopic (exact) mass is 421 g/mol. The van der Waals surface area contributed by atoms with Crippen LogP contribution in [0, 0.1) is 0 Å². The van der Waals surface area contributed by atoms with Crippen LogP contribution in [0.1, 0.15) is 16.7 Å². The summed E-state index contributed by atoms with van der Waals surface area (Å²) in [6.45, 7) is 0.999. The molecule has 0 atom stereocenters. The first-order valence-electron chi connectivity index (χ1n) is 9.74. The highest BCUT2D eigenvalue weighted by atomic mass is 17.2. The normalized spacial score (nSPS) is 11.1. The molecule has 1 aromatic heterocycles. The average molecular weight is 421 g/mol. The molecule has 0 saturated carbocycles. The maximum atomic E-state index is 5.92. The number of nitrogens with zero attached hydrogens (tertiary/aromatic N) is 2. The van der Waals surface area contributed by atoms with Gasteiger partial charge in [0, 0.05) is 17.8 Å². The summed E-state index contributed by atoms with van der Waals surface area (Å²) in [7, 11) is 0. The van der Waals surface area contributed by atoms with E-state index in [1.165, 1.54) is 0 Å². The second-order valence-corrected chi connectivity index (χ2v) is 6.95. The Hall–Kier alpha value is -3.66. The van der Waals surface area contributed by atoms with E-state index in [9.17, 15) is 0 Å². The summed E-state index contributed by atoms with van der Waals surface area (Å²) >= 11 is 0. The molecule has 0 aliphatic rings. The molecule has 31 heavy (non-hydrogen) atoms. The number of nitrogens with one attached hydrogen (secondary N) is 1. The number of nitrogen functional groups attached to an aromatic ring is 2. The Kier molecular flexibility index (Phi) is 6.58. The number of anilines is 2. The first-order valence-corrected chi connectivity index (χ1v) is 9.74. The highest BCUT2D eigenvalue weighted by Crippen LogP contribution is 2.17. The molecule has 0 aliphatic heterocycles. The van der Waals surface area contributed by atoms with Crippen LogP contribution in [0.15, 0.2) is 60.7 Å². The van der Waals surface area contributed by atoms with Crippen LogP contribution in [0.2, 0.25) is 0 Å². The summed E-state index contributed by atoms with van der Waals surface area (Å²) in [4.78, 5) is 21.1. The van der Waals surface area contributed by atoms with Gasteiger partial charge in [-0.3, -0.25) is 5.10 Å². The molecule has 4 aromatic rings. The van der Waals surface area contributed by atoms with Gasteiger partial charge in [-0.25, -0.2) is 9.78 Å². The molecule has 0 spiro atoms. The maximum Gasteiger partial charge on any atom is 0.165 e. The molecule has 0 bridgehead atoms. The van der Waals surface area contributed by atoms with E-state index < -0.39 is 0 Å². The highest BCUT2D eigenvalue weighted by molar-refractivity contribution is 5.74. The number of aromatic amines is 1. The van der Waals surface area contributed by atoms with Gasteiger partial charge in [0.1, 0.15) is 18.7 Å². The summed E-state index contributed by atoms with van der Waals surface area (Å²) in [5, 5.41) is 10.5. The number of rotatable bonds is 10. The van der Waals surface area contributed by atoms with Crippen molar-refractivity contribution in [1.82, 2.24) is 15.4 Å². The molecule has 1 heterocycles. The Morgan fingerprint density at radius 2 is 1.61 bits per heavy atom. The standard InChI is InChI=1S/C22H23N5O4/c23-18-5-4-17(20(24)12-18)9-10-28-29-13-15-1-6-19(7-2-15)31-30-14-16-3-8-21-22(11-16)26-27-25-21/h1-8,11-12H,9-10,13-14,23-24H2,(H,25,26,27). The smallest absolute Gasteiger partial charge is 0.165 e. The molecule has 0 saturated heterocycles.